The minimum atomic E-state index is -0.155. The molecule has 2 N–H and O–H groups in total. The predicted octanol–water partition coefficient (Wildman–Crippen LogP) is 3.82. The van der Waals surface area contributed by atoms with Crippen molar-refractivity contribution in [1.82, 2.24) is 4.90 Å². The topological polar surface area (TPSA) is 55.6 Å². The van der Waals surface area contributed by atoms with Gasteiger partial charge in [0.25, 0.3) is 0 Å². The zero-order valence-electron chi connectivity index (χ0n) is 16.0. The van der Waals surface area contributed by atoms with Crippen LogP contribution in [0, 0.1) is 0 Å². The standard InChI is InChI=1S/C20H34N2O2/c1-6-24-20(23)13-12-18-17(9-7-11-19(18)21)10-8-14-22(15(2)3)16(4)5/h7,9,11,15-16H,6,8,10,12-14,21H2,1-5H3. The minimum absolute atomic E-state index is 0.155. The monoisotopic (exact) mass is 334 g/mol. The predicted molar refractivity (Wildman–Crippen MR) is 101 cm³/mol. The summed E-state index contributed by atoms with van der Waals surface area (Å²) in [6.45, 7) is 12.3. The highest BCUT2D eigenvalue weighted by atomic mass is 16.5. The number of aryl methyl sites for hydroxylation is 1. The van der Waals surface area contributed by atoms with Crippen molar-refractivity contribution in [1.29, 1.82) is 0 Å². The SMILES string of the molecule is CCOC(=O)CCc1c(N)cccc1CCCN(C(C)C)C(C)C. The van der Waals surface area contributed by atoms with Crippen molar-refractivity contribution in [3.63, 3.8) is 0 Å². The van der Waals surface area contributed by atoms with E-state index in [4.69, 9.17) is 10.5 Å². The van der Waals surface area contributed by atoms with Gasteiger partial charge in [-0.15, -0.1) is 0 Å². The fraction of sp³-hybridized carbons (Fsp3) is 0.650. The lowest BCUT2D eigenvalue weighted by Gasteiger charge is -2.30. The van der Waals surface area contributed by atoms with Gasteiger partial charge in [-0.2, -0.15) is 0 Å². The number of nitrogens with two attached hydrogens (primary N) is 1. The van der Waals surface area contributed by atoms with Crippen LogP contribution in [-0.4, -0.2) is 36.1 Å². The normalized spacial score (nSPS) is 11.5. The Morgan fingerprint density at radius 1 is 1.17 bits per heavy atom. The molecule has 0 bridgehead atoms. The zero-order chi connectivity index (χ0) is 18.1. The average molecular weight is 335 g/mol. The van der Waals surface area contributed by atoms with Crippen molar-refractivity contribution >= 4 is 11.7 Å². The third-order valence-electron chi connectivity index (χ3n) is 4.38. The first kappa shape index (κ1) is 20.5. The Labute approximate surface area is 147 Å². The van der Waals surface area contributed by atoms with Gasteiger partial charge in [0.2, 0.25) is 0 Å². The maximum absolute atomic E-state index is 11.6. The van der Waals surface area contributed by atoms with E-state index in [0.29, 0.717) is 31.5 Å². The van der Waals surface area contributed by atoms with Crippen molar-refractivity contribution in [2.24, 2.45) is 0 Å². The molecule has 24 heavy (non-hydrogen) atoms. The molecule has 4 heteroatoms. The van der Waals surface area contributed by atoms with E-state index in [0.717, 1.165) is 30.6 Å². The van der Waals surface area contributed by atoms with Gasteiger partial charge in [-0.25, -0.2) is 0 Å². The van der Waals surface area contributed by atoms with Crippen LogP contribution in [0.4, 0.5) is 5.69 Å². The Morgan fingerprint density at radius 3 is 2.42 bits per heavy atom. The fourth-order valence-corrected chi connectivity index (χ4v) is 3.22. The molecule has 1 aromatic rings. The van der Waals surface area contributed by atoms with Gasteiger partial charge in [0, 0.05) is 24.2 Å². The number of benzene rings is 1. The van der Waals surface area contributed by atoms with Crippen molar-refractivity contribution in [3.8, 4) is 0 Å². The quantitative estimate of drug-likeness (QED) is 0.522. The maximum Gasteiger partial charge on any atom is 0.306 e. The number of nitrogen functional groups attached to an aromatic ring is 1. The fourth-order valence-electron chi connectivity index (χ4n) is 3.22. The molecule has 0 amide bonds. The van der Waals surface area contributed by atoms with Gasteiger partial charge in [0.05, 0.1) is 6.61 Å². The summed E-state index contributed by atoms with van der Waals surface area (Å²) < 4.78 is 5.02. The van der Waals surface area contributed by atoms with Crippen LogP contribution in [0.15, 0.2) is 18.2 Å². The molecule has 0 aromatic heterocycles. The number of carbonyl (C=O) groups excluding carboxylic acids is 1. The second-order valence-electron chi connectivity index (χ2n) is 6.82. The molecule has 0 aliphatic carbocycles. The lowest BCUT2D eigenvalue weighted by Crippen LogP contribution is -2.37. The van der Waals surface area contributed by atoms with Crippen LogP contribution in [0.5, 0.6) is 0 Å². The molecule has 0 aliphatic heterocycles. The van der Waals surface area contributed by atoms with E-state index in [2.05, 4.69) is 38.7 Å². The van der Waals surface area contributed by atoms with Crippen LogP contribution >= 0.6 is 0 Å². The highest BCUT2D eigenvalue weighted by Gasteiger charge is 2.14. The first-order chi connectivity index (χ1) is 11.4. The number of nitrogens with zero attached hydrogens (tertiary/aromatic N) is 1. The van der Waals surface area contributed by atoms with E-state index in [-0.39, 0.29) is 5.97 Å². The molecule has 4 nitrogen and oxygen atoms in total. The lowest BCUT2D eigenvalue weighted by molar-refractivity contribution is -0.143. The number of anilines is 1. The van der Waals surface area contributed by atoms with Gasteiger partial charge in [-0.05, 0) is 77.6 Å². The average Bonchev–Trinajstić information content (AvgIpc) is 2.50. The number of hydrogen-bond donors (Lipinski definition) is 1. The third-order valence-corrected chi connectivity index (χ3v) is 4.38. The van der Waals surface area contributed by atoms with Crippen molar-refractivity contribution < 1.29 is 9.53 Å². The van der Waals surface area contributed by atoms with Crippen LogP contribution in [0.25, 0.3) is 0 Å². The molecule has 0 spiro atoms. The molecular formula is C20H34N2O2. The highest BCUT2D eigenvalue weighted by molar-refractivity contribution is 5.70. The van der Waals surface area contributed by atoms with Gasteiger partial charge in [0.1, 0.15) is 0 Å². The molecular weight excluding hydrogens is 300 g/mol. The summed E-state index contributed by atoms with van der Waals surface area (Å²) in [6.07, 6.45) is 3.11. The summed E-state index contributed by atoms with van der Waals surface area (Å²) in [6, 6.07) is 7.15. The van der Waals surface area contributed by atoms with Gasteiger partial charge in [0.15, 0.2) is 0 Å². The van der Waals surface area contributed by atoms with Crippen molar-refractivity contribution in [2.45, 2.75) is 72.4 Å². The van der Waals surface area contributed by atoms with Gasteiger partial charge >= 0.3 is 5.97 Å². The van der Waals surface area contributed by atoms with Crippen molar-refractivity contribution in [3.05, 3.63) is 29.3 Å². The van der Waals surface area contributed by atoms with Crippen molar-refractivity contribution in [2.75, 3.05) is 18.9 Å². The summed E-state index contributed by atoms with van der Waals surface area (Å²) in [7, 11) is 0. The molecule has 0 heterocycles. The molecule has 0 saturated carbocycles. The van der Waals surface area contributed by atoms with E-state index in [9.17, 15) is 4.79 Å². The van der Waals surface area contributed by atoms with Crippen LogP contribution < -0.4 is 5.73 Å². The Bertz CT molecular complexity index is 504. The summed E-state index contributed by atoms with van der Waals surface area (Å²) >= 11 is 0. The first-order valence-electron chi connectivity index (χ1n) is 9.14. The second kappa shape index (κ2) is 10.3. The van der Waals surface area contributed by atoms with Crippen LogP contribution in [0.2, 0.25) is 0 Å². The van der Waals surface area contributed by atoms with E-state index < -0.39 is 0 Å². The van der Waals surface area contributed by atoms with E-state index in [1.807, 2.05) is 19.1 Å². The van der Waals surface area contributed by atoms with Crippen LogP contribution in [0.3, 0.4) is 0 Å². The van der Waals surface area contributed by atoms with Crippen LogP contribution in [-0.2, 0) is 22.4 Å². The minimum Gasteiger partial charge on any atom is -0.466 e. The van der Waals surface area contributed by atoms with Gasteiger partial charge < -0.3 is 10.5 Å². The second-order valence-corrected chi connectivity index (χ2v) is 6.82. The number of ether oxygens (including phenoxy) is 1. The van der Waals surface area contributed by atoms with Crippen LogP contribution in [0.1, 0.15) is 58.6 Å². The Kier molecular flexibility index (Phi) is 8.83. The number of rotatable bonds is 10. The van der Waals surface area contributed by atoms with E-state index >= 15 is 0 Å². The van der Waals surface area contributed by atoms with E-state index in [1.54, 1.807) is 0 Å². The Morgan fingerprint density at radius 2 is 1.83 bits per heavy atom. The molecule has 1 aromatic carbocycles. The summed E-state index contributed by atoms with van der Waals surface area (Å²) in [5.74, 6) is -0.155. The molecule has 0 radical (unpaired) electrons. The molecule has 0 saturated heterocycles. The largest absolute Gasteiger partial charge is 0.466 e. The van der Waals surface area contributed by atoms with E-state index in [1.165, 1.54) is 5.56 Å². The molecule has 0 aliphatic rings. The molecule has 136 valence electrons. The summed E-state index contributed by atoms with van der Waals surface area (Å²) in [5, 5.41) is 0. The molecule has 1 rings (SSSR count). The highest BCUT2D eigenvalue weighted by Crippen LogP contribution is 2.21. The smallest absolute Gasteiger partial charge is 0.306 e. The Hall–Kier alpha value is -1.55. The van der Waals surface area contributed by atoms with Gasteiger partial charge in [-0.1, -0.05) is 12.1 Å². The number of carbonyl (C=O) groups is 1. The molecule has 0 unspecified atom stereocenters. The number of esters is 1. The third kappa shape index (κ3) is 6.52. The lowest BCUT2D eigenvalue weighted by atomic mass is 9.97. The molecule has 0 fully saturated rings. The molecule has 0 atom stereocenters. The summed E-state index contributed by atoms with van der Waals surface area (Å²) in [4.78, 5) is 14.1. The zero-order valence-corrected chi connectivity index (χ0v) is 16.0. The van der Waals surface area contributed by atoms with Gasteiger partial charge in [-0.3, -0.25) is 9.69 Å². The summed E-state index contributed by atoms with van der Waals surface area (Å²) in [5.41, 5.74) is 9.29. The maximum atomic E-state index is 11.6. The number of hydrogen-bond acceptors (Lipinski definition) is 4. The Balaban J connectivity index is 2.67. The first-order valence-corrected chi connectivity index (χ1v) is 9.14.